The fourth-order valence-corrected chi connectivity index (χ4v) is 2.98. The van der Waals surface area contributed by atoms with Crippen LogP contribution in [0.25, 0.3) is 6.08 Å². The van der Waals surface area contributed by atoms with Gasteiger partial charge in [-0.05, 0) is 37.8 Å². The number of benzene rings is 1. The van der Waals surface area contributed by atoms with Crippen molar-refractivity contribution < 1.29 is 14.4 Å². The second-order valence-corrected chi connectivity index (χ2v) is 6.42. The molecular formula is C26H44N2O3. The van der Waals surface area contributed by atoms with E-state index in [1.165, 1.54) is 6.92 Å². The van der Waals surface area contributed by atoms with Gasteiger partial charge < -0.3 is 10.2 Å². The van der Waals surface area contributed by atoms with Gasteiger partial charge >= 0.3 is 0 Å². The Morgan fingerprint density at radius 1 is 1.00 bits per heavy atom. The Kier molecular flexibility index (Phi) is 19.4. The third kappa shape index (κ3) is 12.1. The zero-order valence-corrected chi connectivity index (χ0v) is 20.9. The van der Waals surface area contributed by atoms with E-state index in [4.69, 9.17) is 0 Å². The molecule has 0 aliphatic carbocycles. The second kappa shape index (κ2) is 19.5. The molecule has 1 N–H and O–H groups in total. The zero-order valence-electron chi connectivity index (χ0n) is 20.9. The molecule has 1 saturated heterocycles. The van der Waals surface area contributed by atoms with Gasteiger partial charge in [0.2, 0.25) is 11.8 Å². The maximum Gasteiger partial charge on any atom is 0.246 e. The Balaban J connectivity index is 0. The Hall–Kier alpha value is -2.43. The average molecular weight is 433 g/mol. The molecule has 1 aromatic carbocycles. The number of hydrogen-bond acceptors (Lipinski definition) is 3. The van der Waals surface area contributed by atoms with E-state index in [0.717, 1.165) is 5.56 Å². The van der Waals surface area contributed by atoms with Gasteiger partial charge in [-0.25, -0.2) is 0 Å². The van der Waals surface area contributed by atoms with Gasteiger partial charge in [0, 0.05) is 25.1 Å². The highest BCUT2D eigenvalue weighted by Crippen LogP contribution is 2.18. The summed E-state index contributed by atoms with van der Waals surface area (Å²) in [5, 5.41) is 2.82. The molecule has 1 fully saturated rings. The molecule has 0 bridgehead atoms. The maximum atomic E-state index is 12.3. The molecule has 2 amide bonds. The van der Waals surface area contributed by atoms with E-state index in [9.17, 15) is 14.4 Å². The second-order valence-electron chi connectivity index (χ2n) is 6.42. The summed E-state index contributed by atoms with van der Waals surface area (Å²) in [6, 6.07) is 9.28. The van der Waals surface area contributed by atoms with Gasteiger partial charge in [0.25, 0.3) is 0 Å². The van der Waals surface area contributed by atoms with Crippen molar-refractivity contribution in [2.75, 3.05) is 13.1 Å². The van der Waals surface area contributed by atoms with Gasteiger partial charge in [-0.3, -0.25) is 14.4 Å². The van der Waals surface area contributed by atoms with Crippen LogP contribution in [0.4, 0.5) is 0 Å². The lowest BCUT2D eigenvalue weighted by Crippen LogP contribution is -2.46. The van der Waals surface area contributed by atoms with Crippen molar-refractivity contribution in [3.05, 3.63) is 42.0 Å². The van der Waals surface area contributed by atoms with Crippen LogP contribution in [0.3, 0.4) is 0 Å². The van der Waals surface area contributed by atoms with Crippen molar-refractivity contribution in [1.29, 1.82) is 0 Å². The first-order valence-corrected chi connectivity index (χ1v) is 11.8. The molecule has 1 aromatic rings. The predicted octanol–water partition coefficient (Wildman–Crippen LogP) is 5.50. The van der Waals surface area contributed by atoms with Crippen molar-refractivity contribution in [1.82, 2.24) is 10.2 Å². The summed E-state index contributed by atoms with van der Waals surface area (Å²) < 4.78 is 0. The molecule has 0 radical (unpaired) electrons. The summed E-state index contributed by atoms with van der Waals surface area (Å²) in [7, 11) is 0. The number of piperidine rings is 1. The Morgan fingerprint density at radius 3 is 1.97 bits per heavy atom. The fraction of sp³-hybridized carbons (Fsp3) is 0.577. The van der Waals surface area contributed by atoms with Crippen LogP contribution < -0.4 is 5.32 Å². The summed E-state index contributed by atoms with van der Waals surface area (Å²) in [5.74, 6) is -0.253. The minimum Gasteiger partial charge on any atom is -0.346 e. The van der Waals surface area contributed by atoms with E-state index in [-0.39, 0.29) is 23.5 Å². The van der Waals surface area contributed by atoms with Gasteiger partial charge in [-0.15, -0.1) is 0 Å². The number of hydrogen-bond donors (Lipinski definition) is 1. The minimum atomic E-state index is -0.402. The van der Waals surface area contributed by atoms with E-state index in [2.05, 4.69) is 5.32 Å². The SMILES string of the molecule is CC.CC.CC.CCC(NC(=O)C1CCN(C(=O)/C=C/c2ccccc2)CC1)C(C)=O. The van der Waals surface area contributed by atoms with Gasteiger partial charge in [-0.1, -0.05) is 78.8 Å². The highest BCUT2D eigenvalue weighted by molar-refractivity contribution is 5.92. The number of carbonyl (C=O) groups excluding carboxylic acids is 3. The van der Waals surface area contributed by atoms with Crippen LogP contribution >= 0.6 is 0 Å². The van der Waals surface area contributed by atoms with Crippen molar-refractivity contribution in [2.45, 2.75) is 80.7 Å². The number of ketones is 1. The Morgan fingerprint density at radius 2 is 1.52 bits per heavy atom. The first kappa shape index (κ1) is 30.8. The minimum absolute atomic E-state index is 0.0190. The highest BCUT2D eigenvalue weighted by atomic mass is 16.2. The molecule has 176 valence electrons. The van der Waals surface area contributed by atoms with Crippen LogP contribution in [-0.4, -0.2) is 41.6 Å². The number of carbonyl (C=O) groups is 3. The Labute approximate surface area is 190 Å². The smallest absolute Gasteiger partial charge is 0.246 e. The van der Waals surface area contributed by atoms with Crippen molar-refractivity contribution in [3.8, 4) is 0 Å². The topological polar surface area (TPSA) is 66.5 Å². The van der Waals surface area contributed by atoms with Crippen LogP contribution in [-0.2, 0) is 14.4 Å². The van der Waals surface area contributed by atoms with Crippen LogP contribution in [0.15, 0.2) is 36.4 Å². The van der Waals surface area contributed by atoms with E-state index in [1.54, 1.807) is 17.1 Å². The van der Waals surface area contributed by atoms with Crippen LogP contribution in [0.2, 0.25) is 0 Å². The van der Waals surface area contributed by atoms with Crippen LogP contribution in [0, 0.1) is 5.92 Å². The molecule has 31 heavy (non-hydrogen) atoms. The standard InChI is InChI=1S/C20H26N2O3.3C2H6/c1-3-18(15(2)23)21-20(25)17-11-13-22(14-12-17)19(24)10-9-16-7-5-4-6-8-16;3*1-2/h4-10,17-18H,3,11-14H2,1-2H3,(H,21,25);3*1-2H3/b10-9+;;;. The molecule has 2 rings (SSSR count). The number of Topliss-reactive ketones (excluding diaryl/α,β-unsaturated/α-hetero) is 1. The first-order chi connectivity index (χ1) is 15.0. The monoisotopic (exact) mass is 432 g/mol. The van der Waals surface area contributed by atoms with E-state index < -0.39 is 6.04 Å². The maximum absolute atomic E-state index is 12.3. The molecular weight excluding hydrogens is 388 g/mol. The molecule has 1 aliphatic rings. The summed E-state index contributed by atoms with van der Waals surface area (Å²) in [6.45, 7) is 16.5. The molecule has 5 nitrogen and oxygen atoms in total. The van der Waals surface area contributed by atoms with Crippen molar-refractivity contribution in [2.24, 2.45) is 5.92 Å². The lowest BCUT2D eigenvalue weighted by atomic mass is 9.95. The number of amides is 2. The first-order valence-electron chi connectivity index (χ1n) is 11.8. The average Bonchev–Trinajstić information content (AvgIpc) is 2.85. The lowest BCUT2D eigenvalue weighted by molar-refractivity contribution is -0.133. The molecule has 1 unspecified atom stereocenters. The van der Waals surface area contributed by atoms with Gasteiger partial charge in [0.15, 0.2) is 5.78 Å². The van der Waals surface area contributed by atoms with E-state index in [1.807, 2.05) is 78.8 Å². The highest BCUT2D eigenvalue weighted by Gasteiger charge is 2.28. The molecule has 0 aromatic heterocycles. The molecule has 1 heterocycles. The van der Waals surface area contributed by atoms with Crippen molar-refractivity contribution in [3.63, 3.8) is 0 Å². The zero-order chi connectivity index (χ0) is 24.2. The molecule has 1 atom stereocenters. The number of rotatable bonds is 6. The van der Waals surface area contributed by atoms with E-state index >= 15 is 0 Å². The quantitative estimate of drug-likeness (QED) is 0.604. The van der Waals surface area contributed by atoms with Gasteiger partial charge in [0.05, 0.1) is 6.04 Å². The lowest BCUT2D eigenvalue weighted by Gasteiger charge is -2.31. The number of nitrogens with zero attached hydrogens (tertiary/aromatic N) is 1. The normalized spacial score (nSPS) is 14.0. The van der Waals surface area contributed by atoms with Gasteiger partial charge in [0.1, 0.15) is 0 Å². The predicted molar refractivity (Wildman–Crippen MR) is 132 cm³/mol. The van der Waals surface area contributed by atoms with Crippen LogP contribution in [0.5, 0.6) is 0 Å². The van der Waals surface area contributed by atoms with Crippen molar-refractivity contribution >= 4 is 23.7 Å². The summed E-state index contributed by atoms with van der Waals surface area (Å²) in [4.78, 5) is 37.8. The summed E-state index contributed by atoms with van der Waals surface area (Å²) in [5.41, 5.74) is 0.986. The summed E-state index contributed by atoms with van der Waals surface area (Å²) >= 11 is 0. The molecule has 5 heteroatoms. The van der Waals surface area contributed by atoms with Gasteiger partial charge in [-0.2, -0.15) is 0 Å². The van der Waals surface area contributed by atoms with Crippen LogP contribution in [0.1, 0.15) is 80.2 Å². The third-order valence-corrected chi connectivity index (χ3v) is 4.61. The largest absolute Gasteiger partial charge is 0.346 e. The third-order valence-electron chi connectivity index (χ3n) is 4.61. The fourth-order valence-electron chi connectivity index (χ4n) is 2.98. The summed E-state index contributed by atoms with van der Waals surface area (Å²) in [6.07, 6.45) is 5.25. The molecule has 1 aliphatic heterocycles. The Bertz CT molecular complexity index is 633. The molecule has 0 spiro atoms. The van der Waals surface area contributed by atoms with E-state index in [0.29, 0.717) is 32.4 Å². The number of nitrogens with one attached hydrogen (secondary N) is 1. The number of likely N-dealkylation sites (tertiary alicyclic amines) is 1. The molecule has 0 saturated carbocycles.